The quantitative estimate of drug-likeness (QED) is 0.778. The highest BCUT2D eigenvalue weighted by molar-refractivity contribution is 5.93. The van der Waals surface area contributed by atoms with Crippen LogP contribution in [0.4, 0.5) is 0 Å². The van der Waals surface area contributed by atoms with E-state index >= 15 is 0 Å². The van der Waals surface area contributed by atoms with E-state index in [1.807, 2.05) is 13.2 Å². The number of aryl methyl sites for hydroxylation is 1. The highest BCUT2D eigenvalue weighted by atomic mass is 16.5. The predicted molar refractivity (Wildman–Crippen MR) is 72.7 cm³/mol. The molecular weight excluding hydrogens is 274 g/mol. The summed E-state index contributed by atoms with van der Waals surface area (Å²) in [5, 5.41) is 12.3. The van der Waals surface area contributed by atoms with E-state index in [2.05, 4.69) is 15.4 Å². The molecule has 0 bridgehead atoms. The molecule has 0 N–H and O–H groups in total. The summed E-state index contributed by atoms with van der Waals surface area (Å²) in [6, 6.07) is 0.0693. The second-order valence-corrected chi connectivity index (χ2v) is 5.00. The molecule has 0 aromatic carbocycles. The second kappa shape index (κ2) is 5.65. The van der Waals surface area contributed by atoms with Crippen LogP contribution < -0.4 is 0 Å². The van der Waals surface area contributed by atoms with Gasteiger partial charge < -0.3 is 9.47 Å². The van der Waals surface area contributed by atoms with Crippen LogP contribution in [0.15, 0.2) is 12.4 Å². The summed E-state index contributed by atoms with van der Waals surface area (Å²) in [6.07, 6.45) is 5.42. The van der Waals surface area contributed by atoms with Gasteiger partial charge in [-0.1, -0.05) is 5.21 Å². The molecule has 2 aromatic heterocycles. The predicted octanol–water partition coefficient (Wildman–Crippen LogP) is 0.817. The number of carbonyl (C=O) groups is 1. The maximum atomic E-state index is 11.9. The normalized spacial score (nSPS) is 18.7. The van der Waals surface area contributed by atoms with Crippen LogP contribution in [0.1, 0.15) is 29.4 Å². The van der Waals surface area contributed by atoms with Crippen molar-refractivity contribution in [2.75, 3.05) is 20.3 Å². The van der Waals surface area contributed by atoms with Gasteiger partial charge in [0, 0.05) is 25.4 Å². The van der Waals surface area contributed by atoms with Crippen LogP contribution in [0.3, 0.4) is 0 Å². The monoisotopic (exact) mass is 291 g/mol. The van der Waals surface area contributed by atoms with Crippen LogP contribution in [0.5, 0.6) is 0 Å². The molecule has 1 saturated heterocycles. The average molecular weight is 291 g/mol. The fraction of sp³-hybridized carbons (Fsp3) is 0.538. The number of hydrogen-bond donors (Lipinski definition) is 0. The first-order valence-electron chi connectivity index (χ1n) is 6.81. The van der Waals surface area contributed by atoms with Crippen molar-refractivity contribution < 1.29 is 14.3 Å². The molecule has 2 aromatic rings. The molecule has 21 heavy (non-hydrogen) atoms. The van der Waals surface area contributed by atoms with Gasteiger partial charge in [0.05, 0.1) is 26.0 Å². The molecule has 3 heterocycles. The minimum absolute atomic E-state index is 0.0693. The highest BCUT2D eigenvalue weighted by Gasteiger charge is 2.27. The van der Waals surface area contributed by atoms with Crippen molar-refractivity contribution in [2.24, 2.45) is 7.05 Å². The third-order valence-corrected chi connectivity index (χ3v) is 3.53. The summed E-state index contributed by atoms with van der Waals surface area (Å²) in [6.45, 7) is 1.33. The summed E-state index contributed by atoms with van der Waals surface area (Å²) >= 11 is 0. The van der Waals surface area contributed by atoms with Crippen molar-refractivity contribution >= 4 is 5.97 Å². The Labute approximate surface area is 121 Å². The number of carbonyl (C=O) groups excluding carboxylic acids is 1. The molecule has 1 unspecified atom stereocenters. The summed E-state index contributed by atoms with van der Waals surface area (Å²) in [7, 11) is 3.15. The van der Waals surface area contributed by atoms with Crippen molar-refractivity contribution in [1.29, 1.82) is 0 Å². The molecule has 0 aliphatic carbocycles. The first kappa shape index (κ1) is 13.7. The maximum absolute atomic E-state index is 11.9. The Morgan fingerprint density at radius 2 is 2.38 bits per heavy atom. The third kappa shape index (κ3) is 2.54. The number of ether oxygens (including phenoxy) is 2. The van der Waals surface area contributed by atoms with E-state index in [4.69, 9.17) is 9.47 Å². The summed E-state index contributed by atoms with van der Waals surface area (Å²) in [4.78, 5) is 11.9. The smallest absolute Gasteiger partial charge is 0.360 e. The molecule has 8 heteroatoms. The Morgan fingerprint density at radius 3 is 3.00 bits per heavy atom. The van der Waals surface area contributed by atoms with Crippen LogP contribution in [0.25, 0.3) is 11.3 Å². The number of esters is 1. The zero-order valence-corrected chi connectivity index (χ0v) is 12.0. The molecular formula is C13H17N5O3. The van der Waals surface area contributed by atoms with Crippen LogP contribution >= 0.6 is 0 Å². The second-order valence-electron chi connectivity index (χ2n) is 5.00. The van der Waals surface area contributed by atoms with Gasteiger partial charge in [0.1, 0.15) is 5.69 Å². The molecule has 0 spiro atoms. The van der Waals surface area contributed by atoms with E-state index in [0.29, 0.717) is 12.3 Å². The van der Waals surface area contributed by atoms with E-state index in [1.54, 1.807) is 15.6 Å². The Morgan fingerprint density at radius 1 is 1.52 bits per heavy atom. The molecule has 1 aliphatic rings. The van der Waals surface area contributed by atoms with Gasteiger partial charge in [0.25, 0.3) is 0 Å². The van der Waals surface area contributed by atoms with Gasteiger partial charge in [-0.25, -0.2) is 9.48 Å². The lowest BCUT2D eigenvalue weighted by molar-refractivity contribution is 0.0547. The third-order valence-electron chi connectivity index (χ3n) is 3.53. The first-order valence-corrected chi connectivity index (χ1v) is 6.81. The van der Waals surface area contributed by atoms with Crippen LogP contribution in [-0.4, -0.2) is 51.1 Å². The van der Waals surface area contributed by atoms with Gasteiger partial charge in [-0.2, -0.15) is 5.10 Å². The van der Waals surface area contributed by atoms with Crippen molar-refractivity contribution in [1.82, 2.24) is 24.8 Å². The van der Waals surface area contributed by atoms with Crippen LogP contribution in [0.2, 0.25) is 0 Å². The number of aromatic nitrogens is 5. The van der Waals surface area contributed by atoms with Gasteiger partial charge in [0.2, 0.25) is 0 Å². The van der Waals surface area contributed by atoms with Gasteiger partial charge in [-0.15, -0.1) is 5.10 Å². The van der Waals surface area contributed by atoms with Crippen molar-refractivity contribution in [3.05, 3.63) is 18.1 Å². The lowest BCUT2D eigenvalue weighted by Gasteiger charge is -2.23. The number of nitrogens with zero attached hydrogens (tertiary/aromatic N) is 5. The summed E-state index contributed by atoms with van der Waals surface area (Å²) < 4.78 is 13.7. The molecule has 112 valence electrons. The first-order chi connectivity index (χ1) is 10.2. The molecule has 3 rings (SSSR count). The Kier molecular flexibility index (Phi) is 3.70. The van der Waals surface area contributed by atoms with Crippen LogP contribution in [-0.2, 0) is 16.5 Å². The van der Waals surface area contributed by atoms with E-state index in [9.17, 15) is 4.79 Å². The zero-order chi connectivity index (χ0) is 14.8. The Bertz CT molecular complexity index is 642. The topological polar surface area (TPSA) is 84.1 Å². The molecule has 1 fully saturated rings. The SMILES string of the molecule is COC(=O)c1nnn(C2CCCOC2)c1-c1cnn(C)c1. The largest absolute Gasteiger partial charge is 0.464 e. The molecule has 8 nitrogen and oxygen atoms in total. The number of methoxy groups -OCH3 is 1. The van der Waals surface area contributed by atoms with Gasteiger partial charge in [0.15, 0.2) is 5.69 Å². The van der Waals surface area contributed by atoms with Crippen molar-refractivity contribution in [2.45, 2.75) is 18.9 Å². The molecule has 0 saturated carbocycles. The average Bonchev–Trinajstić information content (AvgIpc) is 3.13. The van der Waals surface area contributed by atoms with E-state index in [-0.39, 0.29) is 11.7 Å². The van der Waals surface area contributed by atoms with Crippen molar-refractivity contribution in [3.8, 4) is 11.3 Å². The molecule has 1 atom stereocenters. The van der Waals surface area contributed by atoms with Gasteiger partial charge in [-0.3, -0.25) is 4.68 Å². The van der Waals surface area contributed by atoms with E-state index < -0.39 is 5.97 Å². The minimum atomic E-state index is -0.503. The standard InChI is InChI=1S/C13H17N5O3/c1-17-7-9(6-14-17)12-11(13(19)20-2)15-16-18(12)10-4-3-5-21-8-10/h6-7,10H,3-5,8H2,1-2H3. The fourth-order valence-corrected chi connectivity index (χ4v) is 2.51. The maximum Gasteiger partial charge on any atom is 0.360 e. The van der Waals surface area contributed by atoms with Crippen LogP contribution in [0, 0.1) is 0 Å². The fourth-order valence-electron chi connectivity index (χ4n) is 2.51. The van der Waals surface area contributed by atoms with Gasteiger partial charge >= 0.3 is 5.97 Å². The number of hydrogen-bond acceptors (Lipinski definition) is 6. The summed E-state index contributed by atoms with van der Waals surface area (Å²) in [5.41, 5.74) is 1.62. The highest BCUT2D eigenvalue weighted by Crippen LogP contribution is 2.28. The molecule has 0 amide bonds. The minimum Gasteiger partial charge on any atom is -0.464 e. The number of rotatable bonds is 3. The van der Waals surface area contributed by atoms with E-state index in [1.165, 1.54) is 7.11 Å². The lowest BCUT2D eigenvalue weighted by atomic mass is 10.1. The Balaban J connectivity index is 2.07. The van der Waals surface area contributed by atoms with Gasteiger partial charge in [-0.05, 0) is 12.8 Å². The lowest BCUT2D eigenvalue weighted by Crippen LogP contribution is -2.23. The zero-order valence-electron chi connectivity index (χ0n) is 12.0. The molecule has 0 radical (unpaired) electrons. The van der Waals surface area contributed by atoms with Crippen molar-refractivity contribution in [3.63, 3.8) is 0 Å². The Hall–Kier alpha value is -2.22. The summed E-state index contributed by atoms with van der Waals surface area (Å²) in [5.74, 6) is -0.503. The molecule has 1 aliphatic heterocycles. The van der Waals surface area contributed by atoms with E-state index in [0.717, 1.165) is 25.0 Å².